The Balaban J connectivity index is 1.32. The van der Waals surface area contributed by atoms with Crippen LogP contribution in [0.2, 0.25) is 0 Å². The summed E-state index contributed by atoms with van der Waals surface area (Å²) in [6, 6.07) is 58.7. The maximum Gasteiger partial charge on any atom is 0.260 e. The van der Waals surface area contributed by atoms with E-state index in [2.05, 4.69) is 152 Å². The van der Waals surface area contributed by atoms with E-state index < -0.39 is 0 Å². The summed E-state index contributed by atoms with van der Waals surface area (Å²) in [5, 5.41) is 0. The minimum absolute atomic E-state index is 0.0368. The second kappa shape index (κ2) is 51.1. The van der Waals surface area contributed by atoms with E-state index in [1.807, 2.05) is 92.4 Å². The highest BCUT2D eigenvalue weighted by molar-refractivity contribution is 5.81. The Hall–Kier alpha value is -9.24. The molecule has 8 bridgehead atoms. The number of amides is 4. The minimum atomic E-state index is -0.208. The molecular weight excluding hydrogens is 1440 g/mol. The van der Waals surface area contributed by atoms with Crippen molar-refractivity contribution >= 4 is 23.6 Å². The maximum absolute atomic E-state index is 15.1. The molecule has 0 saturated heterocycles. The molecule has 0 N–H and O–H groups in total. The van der Waals surface area contributed by atoms with E-state index in [1.165, 1.54) is 0 Å². The summed E-state index contributed by atoms with van der Waals surface area (Å²) in [4.78, 5) is 68.3. The number of ether oxygens (including phenoxy) is 6. The lowest BCUT2D eigenvalue weighted by molar-refractivity contribution is -0.134. The van der Waals surface area contributed by atoms with Gasteiger partial charge in [-0.25, -0.2) is 0 Å². The van der Waals surface area contributed by atoms with Gasteiger partial charge in [-0.15, -0.1) is 0 Å². The van der Waals surface area contributed by atoms with Gasteiger partial charge in [0, 0.05) is 87.5 Å². The fourth-order valence-electron chi connectivity index (χ4n) is 15.6. The first-order valence-electron chi connectivity index (χ1n) is 44.5. The van der Waals surface area contributed by atoms with Crippen LogP contribution in [0, 0.1) is 0 Å². The molecule has 8 aromatic rings. The van der Waals surface area contributed by atoms with E-state index >= 15 is 19.2 Å². The lowest BCUT2D eigenvalue weighted by atomic mass is 9.91. The second-order valence-corrected chi connectivity index (χ2v) is 31.6. The van der Waals surface area contributed by atoms with Gasteiger partial charge < -0.3 is 48.0 Å². The zero-order valence-electron chi connectivity index (χ0n) is 71.7. The number of hydrogen-bond donors (Lipinski definition) is 0. The number of hydrogen-bond acceptors (Lipinski definition) is 10. The Labute approximate surface area is 696 Å². The van der Waals surface area contributed by atoms with Gasteiger partial charge in [0.25, 0.3) is 23.6 Å². The van der Waals surface area contributed by atoms with E-state index in [0.29, 0.717) is 75.4 Å². The van der Waals surface area contributed by atoms with E-state index in [1.54, 1.807) is 0 Å². The van der Waals surface area contributed by atoms with E-state index in [4.69, 9.17) is 28.4 Å². The molecule has 0 unspecified atom stereocenters. The van der Waals surface area contributed by atoms with Crippen LogP contribution in [0.4, 0.5) is 0 Å². The summed E-state index contributed by atoms with van der Waals surface area (Å²) in [7, 11) is 0. The van der Waals surface area contributed by atoms with E-state index in [9.17, 15) is 0 Å². The van der Waals surface area contributed by atoms with Crippen molar-refractivity contribution in [2.75, 3.05) is 78.8 Å². The highest BCUT2D eigenvalue weighted by atomic mass is 16.5. The first kappa shape index (κ1) is 90.7. The Morgan fingerprint density at radius 2 is 0.414 bits per heavy atom. The summed E-state index contributed by atoms with van der Waals surface area (Å²) in [5.74, 6) is 1.76. The third-order valence-electron chi connectivity index (χ3n) is 22.2. The molecule has 624 valence electrons. The largest absolute Gasteiger partial charge is 0.483 e. The highest BCUT2D eigenvalue weighted by Crippen LogP contribution is 2.43. The predicted octanol–water partition coefficient (Wildman–Crippen LogP) is 23.6. The quantitative estimate of drug-likeness (QED) is 0.0339. The van der Waals surface area contributed by atoms with Gasteiger partial charge >= 0.3 is 0 Å². The van der Waals surface area contributed by atoms with Crippen LogP contribution in [0.3, 0.4) is 0 Å². The van der Waals surface area contributed by atoms with Crippen molar-refractivity contribution in [1.82, 2.24) is 19.6 Å². The number of unbranched alkanes of at least 4 members (excludes halogenated alkanes) is 16. The molecule has 9 rings (SSSR count). The smallest absolute Gasteiger partial charge is 0.260 e. The molecule has 0 aromatic heterocycles. The average molecular weight is 1580 g/mol. The third-order valence-corrected chi connectivity index (χ3v) is 22.2. The van der Waals surface area contributed by atoms with Crippen LogP contribution >= 0.6 is 0 Å². The molecule has 0 spiro atoms. The van der Waals surface area contributed by atoms with E-state index in [-0.39, 0.29) is 89.3 Å². The number of rotatable bonds is 48. The molecule has 1 aliphatic rings. The molecule has 116 heavy (non-hydrogen) atoms. The van der Waals surface area contributed by atoms with Crippen LogP contribution in [-0.2, 0) is 67.9 Å². The van der Waals surface area contributed by atoms with Gasteiger partial charge in [0.2, 0.25) is 0 Å². The standard InChI is InChI=1S/C102H136N4O10/c1-9-17-37-53-103(54-38-18-10-2)95(107)75-113-99-87-61-83(79-45-29-25-30-46-79)65-91(99)71-111-72-92-67-85(81-49-33-27-34-50-81)63-89(101(92)115-77-97(109)105(57-41-21-13-5)58-42-22-14-6)70-90-64-86(82-51-35-28-36-52-82)68-94(102(90)116-78-98(110)106(59-43-23-15-7)60-44-24-16-8)74-112-73-93-66-84(80-47-31-26-32-48-80)62-88(69-87)100(93)114-76-96(108)104(55-39-19-11-3)56-40-20-12-4/h25-36,45-52,61-68H,9-24,37-44,53-60,69-78H2,1-8H3. The Bertz CT molecular complexity index is 3650. The van der Waals surface area contributed by atoms with Crippen molar-refractivity contribution in [1.29, 1.82) is 0 Å². The summed E-state index contributed by atoms with van der Waals surface area (Å²) in [6.45, 7) is 21.9. The molecule has 0 aliphatic carbocycles. The first-order chi connectivity index (χ1) is 56.9. The number of carbonyl (C=O) groups is 4. The number of fused-ring (bicyclic) bond motifs is 8. The summed E-state index contributed by atoms with van der Waals surface area (Å²) in [6.07, 6.45) is 24.0. The van der Waals surface area contributed by atoms with Crippen molar-refractivity contribution < 1.29 is 47.6 Å². The molecule has 1 heterocycles. The molecule has 1 aliphatic heterocycles. The normalized spacial score (nSPS) is 12.2. The number of carbonyl (C=O) groups excluding carboxylic acids is 4. The van der Waals surface area contributed by atoms with Crippen LogP contribution in [-0.4, -0.2) is 122 Å². The maximum atomic E-state index is 15.1. The van der Waals surface area contributed by atoms with Gasteiger partial charge in [-0.2, -0.15) is 0 Å². The fourth-order valence-corrected chi connectivity index (χ4v) is 15.6. The van der Waals surface area contributed by atoms with Gasteiger partial charge in [-0.3, -0.25) is 19.2 Å². The fraction of sp³-hybridized carbons (Fsp3) is 0.490. The zero-order chi connectivity index (χ0) is 81.9. The van der Waals surface area contributed by atoms with Crippen molar-refractivity contribution in [2.24, 2.45) is 0 Å². The molecule has 0 saturated carbocycles. The topological polar surface area (TPSA) is 137 Å². The Kier molecular flexibility index (Phi) is 39.9. The van der Waals surface area contributed by atoms with Crippen LogP contribution < -0.4 is 18.9 Å². The minimum Gasteiger partial charge on any atom is -0.483 e. The molecule has 4 amide bonds. The third kappa shape index (κ3) is 28.5. The average Bonchev–Trinajstić information content (AvgIpc) is 0.783. The van der Waals surface area contributed by atoms with Crippen molar-refractivity contribution in [2.45, 2.75) is 249 Å². The Morgan fingerprint density at radius 1 is 0.241 bits per heavy atom. The lowest BCUT2D eigenvalue weighted by Gasteiger charge is -2.26. The van der Waals surface area contributed by atoms with Gasteiger partial charge in [0.1, 0.15) is 23.0 Å². The van der Waals surface area contributed by atoms with Gasteiger partial charge in [-0.05, 0) is 167 Å². The van der Waals surface area contributed by atoms with Crippen molar-refractivity contribution in [3.63, 3.8) is 0 Å². The predicted molar refractivity (Wildman–Crippen MR) is 475 cm³/mol. The SMILES string of the molecule is CCCCCN(CCCCC)C(=O)COc1c2cc(-c3ccccc3)cc1Cc1cc(-c3ccccc3)cc(c1OCC(=O)N(CCCCC)CCCCC)COCc1cc(-c3ccccc3)cc(c1OCC(=O)N(CCCCC)CCCCC)Cc1cc(-c3ccccc3)cc(c1OCC(=O)N(CCCCC)CCCCC)COC2. The lowest BCUT2D eigenvalue weighted by Crippen LogP contribution is -2.37. The van der Waals surface area contributed by atoms with Crippen LogP contribution in [0.25, 0.3) is 44.5 Å². The number of benzene rings is 8. The molecule has 0 fully saturated rings. The molecular formula is C102H136N4O10. The Morgan fingerprint density at radius 3 is 0.586 bits per heavy atom. The second-order valence-electron chi connectivity index (χ2n) is 31.6. The molecule has 14 heteroatoms. The summed E-state index contributed by atoms with van der Waals surface area (Å²) < 4.78 is 43.6. The van der Waals surface area contributed by atoms with Gasteiger partial charge in [-0.1, -0.05) is 279 Å². The summed E-state index contributed by atoms with van der Waals surface area (Å²) >= 11 is 0. The molecule has 0 radical (unpaired) electrons. The molecule has 0 atom stereocenters. The number of nitrogens with zero attached hydrogens (tertiary/aromatic N) is 4. The summed E-state index contributed by atoms with van der Waals surface area (Å²) in [5.41, 5.74) is 13.7. The van der Waals surface area contributed by atoms with Crippen molar-refractivity contribution in [3.8, 4) is 67.5 Å². The van der Waals surface area contributed by atoms with Crippen LogP contribution in [0.15, 0.2) is 170 Å². The van der Waals surface area contributed by atoms with E-state index in [0.717, 1.165) is 243 Å². The van der Waals surface area contributed by atoms with Crippen molar-refractivity contribution in [3.05, 3.63) is 214 Å². The van der Waals surface area contributed by atoms with Crippen LogP contribution in [0.5, 0.6) is 23.0 Å². The highest BCUT2D eigenvalue weighted by Gasteiger charge is 2.28. The monoisotopic (exact) mass is 1580 g/mol. The van der Waals surface area contributed by atoms with Gasteiger partial charge in [0.15, 0.2) is 26.4 Å². The van der Waals surface area contributed by atoms with Gasteiger partial charge in [0.05, 0.1) is 26.4 Å². The molecule has 8 aromatic carbocycles. The first-order valence-corrected chi connectivity index (χ1v) is 44.5. The molecule has 14 nitrogen and oxygen atoms in total. The zero-order valence-corrected chi connectivity index (χ0v) is 71.7. The van der Waals surface area contributed by atoms with Crippen LogP contribution in [0.1, 0.15) is 254 Å².